The zero-order valence-electron chi connectivity index (χ0n) is 18.0. The molecule has 0 fully saturated rings. The van der Waals surface area contributed by atoms with Gasteiger partial charge < -0.3 is 14.5 Å². The summed E-state index contributed by atoms with van der Waals surface area (Å²) < 4.78 is 38.4. The maximum atomic E-state index is 12.9. The molecule has 2 N–H and O–H groups in total. The number of rotatable bonds is 8. The first-order valence-corrected chi connectivity index (χ1v) is 11.4. The Labute approximate surface area is 198 Å². The van der Waals surface area contributed by atoms with E-state index in [4.69, 9.17) is 9.15 Å². The molecule has 4 rings (SSSR count). The lowest BCUT2D eigenvalue weighted by atomic mass is 10.2. The van der Waals surface area contributed by atoms with Crippen molar-refractivity contribution in [1.29, 1.82) is 0 Å². The predicted octanol–water partition coefficient (Wildman–Crippen LogP) is 3.71. The van der Waals surface area contributed by atoms with Crippen LogP contribution in [0, 0.1) is 10.1 Å². The maximum absolute atomic E-state index is 12.9. The van der Waals surface area contributed by atoms with E-state index in [1.54, 1.807) is 24.3 Å². The molecule has 0 aliphatic carbocycles. The molecule has 0 saturated heterocycles. The molecule has 1 amide bonds. The number of sulfonamides is 1. The molecule has 13 heteroatoms. The van der Waals surface area contributed by atoms with Gasteiger partial charge in [0.2, 0.25) is 12.3 Å². The molecule has 0 spiro atoms. The highest BCUT2D eigenvalue weighted by molar-refractivity contribution is 7.92. The molecule has 35 heavy (non-hydrogen) atoms. The number of carbonyl (C=O) groups is 1. The molecule has 0 saturated carbocycles. The second-order valence-corrected chi connectivity index (χ2v) is 8.73. The number of methoxy groups -OCH3 is 1. The van der Waals surface area contributed by atoms with Crippen molar-refractivity contribution in [2.75, 3.05) is 17.1 Å². The van der Waals surface area contributed by atoms with E-state index < -0.39 is 20.9 Å². The van der Waals surface area contributed by atoms with Gasteiger partial charge in [-0.05, 0) is 48.5 Å². The third kappa shape index (κ3) is 5.25. The highest BCUT2D eigenvalue weighted by Crippen LogP contribution is 2.31. The second-order valence-electron chi connectivity index (χ2n) is 7.05. The van der Waals surface area contributed by atoms with Gasteiger partial charge in [0.1, 0.15) is 5.75 Å². The Morgan fingerprint density at radius 1 is 1.09 bits per heavy atom. The first-order chi connectivity index (χ1) is 16.8. The standard InChI is InChI=1S/C22H17N5O7S/c1-33-20-10-9-17(27(29)30)12-19(20)26-35(31,32)18-4-2-3-15(11-18)21(28)24-16-7-5-14(6-8-16)22-25-23-13-34-22/h2-13,26H,1H3,(H,24,28). The fourth-order valence-corrected chi connectivity index (χ4v) is 4.20. The molecule has 0 aliphatic heterocycles. The molecule has 0 aliphatic rings. The van der Waals surface area contributed by atoms with E-state index in [1.807, 2.05) is 0 Å². The molecule has 4 aromatic rings. The van der Waals surface area contributed by atoms with E-state index >= 15 is 0 Å². The van der Waals surface area contributed by atoms with Crippen molar-refractivity contribution in [3.8, 4) is 17.2 Å². The average Bonchev–Trinajstić information content (AvgIpc) is 3.39. The lowest BCUT2D eigenvalue weighted by Crippen LogP contribution is -2.16. The summed E-state index contributed by atoms with van der Waals surface area (Å²) in [5.41, 5.74) is 0.779. The number of nitro benzene ring substituents is 1. The minimum atomic E-state index is -4.20. The van der Waals surface area contributed by atoms with Crippen molar-refractivity contribution < 1.29 is 27.3 Å². The van der Waals surface area contributed by atoms with E-state index in [-0.39, 0.29) is 27.6 Å². The van der Waals surface area contributed by atoms with Crippen molar-refractivity contribution in [2.24, 2.45) is 0 Å². The zero-order valence-corrected chi connectivity index (χ0v) is 18.9. The van der Waals surface area contributed by atoms with Gasteiger partial charge in [-0.15, -0.1) is 10.2 Å². The summed E-state index contributed by atoms with van der Waals surface area (Å²) in [4.78, 5) is 22.9. The monoisotopic (exact) mass is 495 g/mol. The van der Waals surface area contributed by atoms with Crippen LogP contribution in [0.2, 0.25) is 0 Å². The van der Waals surface area contributed by atoms with Gasteiger partial charge in [0.15, 0.2) is 0 Å². The van der Waals surface area contributed by atoms with Crippen LogP contribution in [0.25, 0.3) is 11.5 Å². The van der Waals surface area contributed by atoms with Gasteiger partial charge in [-0.1, -0.05) is 6.07 Å². The Hall–Kier alpha value is -4.78. The Balaban J connectivity index is 1.53. The third-order valence-corrected chi connectivity index (χ3v) is 6.16. The first kappa shape index (κ1) is 23.4. The number of nitrogens with one attached hydrogen (secondary N) is 2. The highest BCUT2D eigenvalue weighted by Gasteiger charge is 2.20. The van der Waals surface area contributed by atoms with Crippen molar-refractivity contribution in [1.82, 2.24) is 10.2 Å². The summed E-state index contributed by atoms with van der Waals surface area (Å²) in [6.45, 7) is 0. The van der Waals surface area contributed by atoms with Crippen LogP contribution in [0.15, 0.2) is 82.4 Å². The van der Waals surface area contributed by atoms with Gasteiger partial charge in [0, 0.05) is 28.9 Å². The minimum Gasteiger partial charge on any atom is -0.495 e. The van der Waals surface area contributed by atoms with Crippen LogP contribution in [0.3, 0.4) is 0 Å². The second kappa shape index (κ2) is 9.61. The van der Waals surface area contributed by atoms with Gasteiger partial charge in [0.05, 0.1) is 22.6 Å². The number of nitrogens with zero attached hydrogens (tertiary/aromatic N) is 3. The zero-order chi connectivity index (χ0) is 25.0. The van der Waals surface area contributed by atoms with E-state index in [2.05, 4.69) is 20.2 Å². The predicted molar refractivity (Wildman–Crippen MR) is 125 cm³/mol. The molecule has 0 bridgehead atoms. The summed E-state index contributed by atoms with van der Waals surface area (Å²) in [6.07, 6.45) is 1.20. The summed E-state index contributed by atoms with van der Waals surface area (Å²) in [5.74, 6) is -0.119. The van der Waals surface area contributed by atoms with Crippen LogP contribution in [0.5, 0.6) is 5.75 Å². The number of benzene rings is 3. The quantitative estimate of drug-likeness (QED) is 0.273. The van der Waals surface area contributed by atoms with Crippen LogP contribution in [-0.2, 0) is 10.0 Å². The van der Waals surface area contributed by atoms with E-state index in [0.717, 1.165) is 6.07 Å². The fourth-order valence-electron chi connectivity index (χ4n) is 3.10. The number of hydrogen-bond donors (Lipinski definition) is 2. The normalized spacial score (nSPS) is 11.0. The molecule has 0 unspecified atom stereocenters. The van der Waals surface area contributed by atoms with Crippen LogP contribution < -0.4 is 14.8 Å². The van der Waals surface area contributed by atoms with Gasteiger partial charge >= 0.3 is 0 Å². The van der Waals surface area contributed by atoms with Crippen molar-refractivity contribution in [3.05, 3.63) is 88.8 Å². The molecule has 1 aromatic heterocycles. The van der Waals surface area contributed by atoms with Gasteiger partial charge in [-0.25, -0.2) is 8.42 Å². The molecular weight excluding hydrogens is 478 g/mol. The van der Waals surface area contributed by atoms with Crippen molar-refractivity contribution in [3.63, 3.8) is 0 Å². The Morgan fingerprint density at radius 3 is 2.51 bits per heavy atom. The summed E-state index contributed by atoms with van der Waals surface area (Å²) in [7, 11) is -2.90. The smallest absolute Gasteiger partial charge is 0.271 e. The number of non-ortho nitro benzene ring substituents is 1. The topological polar surface area (TPSA) is 167 Å². The average molecular weight is 495 g/mol. The molecule has 3 aromatic carbocycles. The van der Waals surface area contributed by atoms with E-state index in [1.165, 1.54) is 49.9 Å². The SMILES string of the molecule is COc1ccc([N+](=O)[O-])cc1NS(=O)(=O)c1cccc(C(=O)Nc2ccc(-c3nnco3)cc2)c1. The number of hydrogen-bond acceptors (Lipinski definition) is 9. The van der Waals surface area contributed by atoms with Crippen LogP contribution in [0.4, 0.5) is 17.1 Å². The number of nitro groups is 1. The van der Waals surface area contributed by atoms with Crippen molar-refractivity contribution >= 4 is 33.0 Å². The summed E-state index contributed by atoms with van der Waals surface area (Å²) in [6, 6.07) is 15.5. The molecule has 178 valence electrons. The highest BCUT2D eigenvalue weighted by atomic mass is 32.2. The van der Waals surface area contributed by atoms with Crippen LogP contribution in [-0.4, -0.2) is 36.6 Å². The number of ether oxygens (including phenoxy) is 1. The largest absolute Gasteiger partial charge is 0.495 e. The molecule has 0 atom stereocenters. The minimum absolute atomic E-state index is 0.0832. The molecule has 12 nitrogen and oxygen atoms in total. The van der Waals surface area contributed by atoms with Crippen LogP contribution >= 0.6 is 0 Å². The molecular formula is C22H17N5O7S. The van der Waals surface area contributed by atoms with Gasteiger partial charge in [-0.2, -0.15) is 0 Å². The molecule has 1 heterocycles. The van der Waals surface area contributed by atoms with E-state index in [0.29, 0.717) is 17.1 Å². The first-order valence-electron chi connectivity index (χ1n) is 9.90. The molecule has 0 radical (unpaired) electrons. The number of anilines is 2. The van der Waals surface area contributed by atoms with Gasteiger partial charge in [0.25, 0.3) is 21.6 Å². The Bertz CT molecular complexity index is 1490. The fraction of sp³-hybridized carbons (Fsp3) is 0.0455. The number of carbonyl (C=O) groups excluding carboxylic acids is 1. The summed E-state index contributed by atoms with van der Waals surface area (Å²) >= 11 is 0. The summed E-state index contributed by atoms with van der Waals surface area (Å²) in [5, 5.41) is 21.2. The lowest BCUT2D eigenvalue weighted by molar-refractivity contribution is -0.384. The Kier molecular flexibility index (Phi) is 6.42. The number of aromatic nitrogens is 2. The van der Waals surface area contributed by atoms with Crippen molar-refractivity contribution in [2.45, 2.75) is 4.90 Å². The maximum Gasteiger partial charge on any atom is 0.271 e. The lowest BCUT2D eigenvalue weighted by Gasteiger charge is -2.12. The van der Waals surface area contributed by atoms with Crippen LogP contribution in [0.1, 0.15) is 10.4 Å². The van der Waals surface area contributed by atoms with Gasteiger partial charge in [-0.3, -0.25) is 19.6 Å². The number of amides is 1. The Morgan fingerprint density at radius 2 is 1.86 bits per heavy atom. The van der Waals surface area contributed by atoms with E-state index in [9.17, 15) is 23.3 Å². The third-order valence-electron chi connectivity index (χ3n) is 4.79.